The highest BCUT2D eigenvalue weighted by Gasteiger charge is 2.12. The van der Waals surface area contributed by atoms with Crippen LogP contribution in [0.3, 0.4) is 0 Å². The van der Waals surface area contributed by atoms with Gasteiger partial charge in [-0.1, -0.05) is 0 Å². The average Bonchev–Trinajstić information content (AvgIpc) is 3.09. The first-order valence-corrected chi connectivity index (χ1v) is 8.60. The van der Waals surface area contributed by atoms with Crippen LogP contribution in [0, 0.1) is 10.1 Å². The highest BCUT2D eigenvalue weighted by Crippen LogP contribution is 2.29. The fourth-order valence-electron chi connectivity index (χ4n) is 1.71. The molecule has 0 aliphatic rings. The zero-order valence-corrected chi connectivity index (χ0v) is 15.7. The van der Waals surface area contributed by atoms with Gasteiger partial charge in [0.25, 0.3) is 11.6 Å². The van der Waals surface area contributed by atoms with E-state index in [1.807, 2.05) is 0 Å². The number of halogens is 1. The quantitative estimate of drug-likeness (QED) is 0.414. The lowest BCUT2D eigenvalue weighted by molar-refractivity contribution is -0.384. The Bertz CT molecular complexity index is 821. The highest BCUT2D eigenvalue weighted by molar-refractivity contribution is 9.10. The number of carbonyl (C=O) groups is 1. The third-order valence-corrected chi connectivity index (χ3v) is 4.65. The van der Waals surface area contributed by atoms with E-state index in [-0.39, 0.29) is 12.3 Å². The molecule has 1 amide bonds. The third kappa shape index (κ3) is 5.26. The molecule has 25 heavy (non-hydrogen) atoms. The molecule has 1 aromatic carbocycles. The number of nitrogens with one attached hydrogen (secondary N) is 1. The Labute approximate surface area is 155 Å². The van der Waals surface area contributed by atoms with Crippen LogP contribution in [-0.2, 0) is 4.79 Å². The molecule has 0 bridgehead atoms. The minimum absolute atomic E-state index is 0.00596. The van der Waals surface area contributed by atoms with Crippen LogP contribution in [0.5, 0.6) is 11.5 Å². The average molecular weight is 428 g/mol. The van der Waals surface area contributed by atoms with Crippen molar-refractivity contribution in [3.63, 3.8) is 0 Å². The molecule has 0 spiro atoms. The van der Waals surface area contributed by atoms with E-state index in [9.17, 15) is 14.9 Å². The van der Waals surface area contributed by atoms with Crippen LogP contribution in [-0.4, -0.2) is 30.3 Å². The number of amides is 1. The Kier molecular flexibility index (Phi) is 6.48. The van der Waals surface area contributed by atoms with Crippen molar-refractivity contribution < 1.29 is 19.2 Å². The van der Waals surface area contributed by atoms with Crippen LogP contribution in [0.1, 0.15) is 11.8 Å². The van der Waals surface area contributed by atoms with Gasteiger partial charge < -0.3 is 9.47 Å². The van der Waals surface area contributed by atoms with Gasteiger partial charge in [0.05, 0.1) is 32.5 Å². The van der Waals surface area contributed by atoms with Crippen molar-refractivity contribution in [2.24, 2.45) is 5.10 Å². The summed E-state index contributed by atoms with van der Waals surface area (Å²) in [4.78, 5) is 22.6. The van der Waals surface area contributed by atoms with Crippen molar-refractivity contribution in [2.45, 2.75) is 6.92 Å². The monoisotopic (exact) mass is 427 g/mol. The van der Waals surface area contributed by atoms with Crippen molar-refractivity contribution in [1.29, 1.82) is 0 Å². The summed E-state index contributed by atoms with van der Waals surface area (Å²) in [6.07, 6.45) is 0. The summed E-state index contributed by atoms with van der Waals surface area (Å²) in [5.41, 5.74) is 2.82. The van der Waals surface area contributed by atoms with Gasteiger partial charge in [-0.2, -0.15) is 5.10 Å². The molecule has 8 nitrogen and oxygen atoms in total. The number of methoxy groups -OCH3 is 1. The standard InChI is InChI=1S/C15H14BrN3O5S/c1-9(14-5-10(8-25-14)19(21)22)17-18-15(20)7-24-13-4-3-11(23-2)6-12(13)16/h3-6,8H,7H2,1-2H3,(H,18,20). The van der Waals surface area contributed by atoms with Crippen molar-refractivity contribution >= 4 is 44.6 Å². The summed E-state index contributed by atoms with van der Waals surface area (Å²) in [5, 5.41) is 16.0. The minimum Gasteiger partial charge on any atom is -0.497 e. The normalized spacial score (nSPS) is 11.1. The maximum atomic E-state index is 11.8. The number of rotatable bonds is 7. The summed E-state index contributed by atoms with van der Waals surface area (Å²) >= 11 is 4.51. The molecule has 132 valence electrons. The number of thiophene rings is 1. The van der Waals surface area contributed by atoms with E-state index >= 15 is 0 Å². The molecule has 2 aromatic rings. The number of hydrogen-bond donors (Lipinski definition) is 1. The zero-order chi connectivity index (χ0) is 18.4. The smallest absolute Gasteiger partial charge is 0.280 e. The number of hydrogen-bond acceptors (Lipinski definition) is 7. The van der Waals surface area contributed by atoms with Gasteiger partial charge >= 0.3 is 0 Å². The number of ether oxygens (including phenoxy) is 2. The second kappa shape index (κ2) is 8.58. The molecular formula is C15H14BrN3O5S. The molecule has 10 heteroatoms. The molecule has 0 radical (unpaired) electrons. The van der Waals surface area contributed by atoms with Crippen LogP contribution in [0.2, 0.25) is 0 Å². The lowest BCUT2D eigenvalue weighted by Gasteiger charge is -2.08. The molecule has 0 aliphatic carbocycles. The predicted molar refractivity (Wildman–Crippen MR) is 97.5 cm³/mol. The van der Waals surface area contributed by atoms with E-state index in [1.165, 1.54) is 22.8 Å². The molecule has 1 aromatic heterocycles. The molecule has 2 rings (SSSR count). The number of hydrazone groups is 1. The predicted octanol–water partition coefficient (Wildman–Crippen LogP) is 3.35. The van der Waals surface area contributed by atoms with Gasteiger partial charge in [0, 0.05) is 6.07 Å². The van der Waals surface area contributed by atoms with Crippen LogP contribution >= 0.6 is 27.3 Å². The van der Waals surface area contributed by atoms with E-state index in [0.29, 0.717) is 26.6 Å². The first kappa shape index (κ1) is 18.9. The first-order valence-electron chi connectivity index (χ1n) is 6.93. The Hall–Kier alpha value is -2.46. The molecule has 0 saturated heterocycles. The first-order chi connectivity index (χ1) is 11.9. The number of benzene rings is 1. The lowest BCUT2D eigenvalue weighted by atomic mass is 10.3. The van der Waals surface area contributed by atoms with Gasteiger partial charge in [0.2, 0.25) is 0 Å². The number of carbonyl (C=O) groups excluding carboxylic acids is 1. The van der Waals surface area contributed by atoms with Gasteiger partial charge in [-0.25, -0.2) is 5.43 Å². The molecule has 0 atom stereocenters. The summed E-state index contributed by atoms with van der Waals surface area (Å²) in [6.45, 7) is 1.42. The third-order valence-electron chi connectivity index (χ3n) is 3.00. The molecule has 1 heterocycles. The highest BCUT2D eigenvalue weighted by atomic mass is 79.9. The van der Waals surface area contributed by atoms with Crippen molar-refractivity contribution in [3.8, 4) is 11.5 Å². The molecule has 0 saturated carbocycles. The minimum atomic E-state index is -0.480. The van der Waals surface area contributed by atoms with E-state index in [4.69, 9.17) is 9.47 Å². The lowest BCUT2D eigenvalue weighted by Crippen LogP contribution is -2.25. The second-order valence-electron chi connectivity index (χ2n) is 4.74. The van der Waals surface area contributed by atoms with Crippen LogP contribution in [0.4, 0.5) is 5.69 Å². The molecule has 0 fully saturated rings. The summed E-state index contributed by atoms with van der Waals surface area (Å²) in [5.74, 6) is 0.701. The molecule has 0 aliphatic heterocycles. The van der Waals surface area contributed by atoms with Crippen LogP contribution in [0.15, 0.2) is 39.2 Å². The zero-order valence-electron chi connectivity index (χ0n) is 13.3. The largest absolute Gasteiger partial charge is 0.497 e. The Morgan fingerprint density at radius 2 is 2.20 bits per heavy atom. The van der Waals surface area contributed by atoms with Gasteiger partial charge in [0.15, 0.2) is 6.61 Å². The van der Waals surface area contributed by atoms with Gasteiger partial charge in [-0.05, 0) is 41.1 Å². The fraction of sp³-hybridized carbons (Fsp3) is 0.200. The van der Waals surface area contributed by atoms with Crippen LogP contribution in [0.25, 0.3) is 0 Å². The summed E-state index contributed by atoms with van der Waals surface area (Å²) in [7, 11) is 1.55. The molecular weight excluding hydrogens is 414 g/mol. The van der Waals surface area contributed by atoms with E-state index in [1.54, 1.807) is 32.2 Å². The van der Waals surface area contributed by atoms with Crippen molar-refractivity contribution in [1.82, 2.24) is 5.43 Å². The maximum Gasteiger partial charge on any atom is 0.280 e. The van der Waals surface area contributed by atoms with E-state index in [0.717, 1.165) is 0 Å². The topological polar surface area (TPSA) is 103 Å². The number of nitro groups is 1. The summed E-state index contributed by atoms with van der Waals surface area (Å²) in [6, 6.07) is 6.51. The van der Waals surface area contributed by atoms with Gasteiger partial charge in [-0.3, -0.25) is 14.9 Å². The van der Waals surface area contributed by atoms with Crippen molar-refractivity contribution in [3.05, 3.63) is 49.1 Å². The molecule has 0 unspecified atom stereocenters. The molecule has 1 N–H and O–H groups in total. The Morgan fingerprint density at radius 1 is 1.44 bits per heavy atom. The Balaban J connectivity index is 1.90. The van der Waals surface area contributed by atoms with Crippen molar-refractivity contribution in [2.75, 3.05) is 13.7 Å². The number of nitrogens with zero attached hydrogens (tertiary/aromatic N) is 2. The van der Waals surface area contributed by atoms with Crippen LogP contribution < -0.4 is 14.9 Å². The fourth-order valence-corrected chi connectivity index (χ4v) is 2.99. The van der Waals surface area contributed by atoms with E-state index < -0.39 is 10.8 Å². The maximum absolute atomic E-state index is 11.8. The van der Waals surface area contributed by atoms with Gasteiger partial charge in [-0.15, -0.1) is 11.3 Å². The Morgan fingerprint density at radius 3 is 2.80 bits per heavy atom. The van der Waals surface area contributed by atoms with E-state index in [2.05, 4.69) is 26.5 Å². The van der Waals surface area contributed by atoms with Gasteiger partial charge in [0.1, 0.15) is 11.5 Å². The summed E-state index contributed by atoms with van der Waals surface area (Å²) < 4.78 is 11.1. The second-order valence-corrected chi connectivity index (χ2v) is 6.51. The SMILES string of the molecule is COc1ccc(OCC(=O)NN=C(C)c2cc([N+](=O)[O-])cs2)c(Br)c1.